The lowest BCUT2D eigenvalue weighted by molar-refractivity contribution is -0.118. The third-order valence-corrected chi connectivity index (χ3v) is 2.90. The van der Waals surface area contributed by atoms with E-state index >= 15 is 0 Å². The number of nitrogens with zero attached hydrogens (tertiary/aromatic N) is 1. The van der Waals surface area contributed by atoms with Crippen molar-refractivity contribution < 1.29 is 9.90 Å². The molecule has 0 bridgehead atoms. The quantitative estimate of drug-likeness (QED) is 0.807. The Bertz CT molecular complexity index is 377. The average molecular weight is 249 g/mol. The molecule has 0 fully saturated rings. The van der Waals surface area contributed by atoms with Gasteiger partial charge < -0.3 is 10.0 Å². The minimum atomic E-state index is 0.114. The van der Waals surface area contributed by atoms with Crippen LogP contribution in [0.5, 0.6) is 0 Å². The summed E-state index contributed by atoms with van der Waals surface area (Å²) in [6, 6.07) is 7.95. The summed E-state index contributed by atoms with van der Waals surface area (Å²) >= 11 is 0. The van der Waals surface area contributed by atoms with Crippen LogP contribution in [0.1, 0.15) is 38.2 Å². The van der Waals surface area contributed by atoms with Gasteiger partial charge in [-0.2, -0.15) is 0 Å². The SMILES string of the molecule is CCCCC(=O)N(CCCO)c1cccc(C)c1. The summed E-state index contributed by atoms with van der Waals surface area (Å²) in [6.07, 6.45) is 3.13. The van der Waals surface area contributed by atoms with Gasteiger partial charge in [-0.05, 0) is 37.5 Å². The van der Waals surface area contributed by atoms with Gasteiger partial charge in [0, 0.05) is 25.3 Å². The molecule has 0 heterocycles. The van der Waals surface area contributed by atoms with Crippen LogP contribution in [-0.4, -0.2) is 24.2 Å². The van der Waals surface area contributed by atoms with Gasteiger partial charge in [0.05, 0.1) is 0 Å². The number of amides is 1. The minimum Gasteiger partial charge on any atom is -0.396 e. The lowest BCUT2D eigenvalue weighted by atomic mass is 10.1. The highest BCUT2D eigenvalue weighted by molar-refractivity contribution is 5.93. The molecule has 0 saturated heterocycles. The van der Waals surface area contributed by atoms with Gasteiger partial charge in [-0.15, -0.1) is 0 Å². The maximum Gasteiger partial charge on any atom is 0.226 e. The summed E-state index contributed by atoms with van der Waals surface area (Å²) in [6.45, 7) is 4.80. The molecule has 0 spiro atoms. The molecule has 1 amide bonds. The Labute approximate surface area is 109 Å². The van der Waals surface area contributed by atoms with Crippen molar-refractivity contribution in [3.8, 4) is 0 Å². The molecule has 0 saturated carbocycles. The summed E-state index contributed by atoms with van der Waals surface area (Å²) in [5.74, 6) is 0.149. The van der Waals surface area contributed by atoms with E-state index in [4.69, 9.17) is 5.11 Å². The van der Waals surface area contributed by atoms with Crippen molar-refractivity contribution in [1.29, 1.82) is 0 Å². The van der Waals surface area contributed by atoms with Crippen LogP contribution < -0.4 is 4.90 Å². The van der Waals surface area contributed by atoms with E-state index < -0.39 is 0 Å². The maximum absolute atomic E-state index is 12.2. The molecule has 0 radical (unpaired) electrons. The van der Waals surface area contributed by atoms with Crippen LogP contribution in [0, 0.1) is 6.92 Å². The summed E-state index contributed by atoms with van der Waals surface area (Å²) in [5.41, 5.74) is 2.08. The molecule has 1 rings (SSSR count). The Hall–Kier alpha value is -1.35. The zero-order valence-electron chi connectivity index (χ0n) is 11.4. The van der Waals surface area contributed by atoms with Crippen molar-refractivity contribution in [3.63, 3.8) is 0 Å². The number of unbranched alkanes of at least 4 members (excludes halogenated alkanes) is 1. The van der Waals surface area contributed by atoms with Gasteiger partial charge in [0.1, 0.15) is 0 Å². The van der Waals surface area contributed by atoms with Crippen LogP contribution in [0.15, 0.2) is 24.3 Å². The first kappa shape index (κ1) is 14.7. The summed E-state index contributed by atoms with van der Waals surface area (Å²) in [4.78, 5) is 14.0. The lowest BCUT2D eigenvalue weighted by Crippen LogP contribution is -2.32. The van der Waals surface area contributed by atoms with Gasteiger partial charge in [-0.3, -0.25) is 4.79 Å². The van der Waals surface area contributed by atoms with Crippen LogP contribution in [0.25, 0.3) is 0 Å². The molecule has 0 aromatic heterocycles. The molecule has 0 unspecified atom stereocenters. The van der Waals surface area contributed by atoms with E-state index in [1.807, 2.05) is 31.2 Å². The smallest absolute Gasteiger partial charge is 0.226 e. The van der Waals surface area contributed by atoms with Crippen LogP contribution in [0.2, 0.25) is 0 Å². The molecule has 18 heavy (non-hydrogen) atoms. The first-order valence-electron chi connectivity index (χ1n) is 6.67. The molecule has 1 N–H and O–H groups in total. The van der Waals surface area contributed by atoms with E-state index in [-0.39, 0.29) is 12.5 Å². The zero-order valence-corrected chi connectivity index (χ0v) is 11.4. The van der Waals surface area contributed by atoms with Crippen molar-refractivity contribution in [2.24, 2.45) is 0 Å². The number of aliphatic hydroxyl groups is 1. The predicted molar refractivity (Wildman–Crippen MR) is 74.8 cm³/mol. The van der Waals surface area contributed by atoms with Gasteiger partial charge in [-0.25, -0.2) is 0 Å². The number of hydrogen-bond donors (Lipinski definition) is 1. The first-order chi connectivity index (χ1) is 8.69. The Morgan fingerprint density at radius 1 is 1.33 bits per heavy atom. The van der Waals surface area contributed by atoms with Crippen molar-refractivity contribution in [1.82, 2.24) is 0 Å². The molecule has 0 atom stereocenters. The number of rotatable bonds is 7. The van der Waals surface area contributed by atoms with Gasteiger partial charge in [0.2, 0.25) is 5.91 Å². The van der Waals surface area contributed by atoms with E-state index in [9.17, 15) is 4.79 Å². The monoisotopic (exact) mass is 249 g/mol. The number of carbonyl (C=O) groups is 1. The van der Waals surface area contributed by atoms with Crippen LogP contribution >= 0.6 is 0 Å². The van der Waals surface area contributed by atoms with Crippen LogP contribution in [0.3, 0.4) is 0 Å². The van der Waals surface area contributed by atoms with Crippen LogP contribution in [0.4, 0.5) is 5.69 Å². The largest absolute Gasteiger partial charge is 0.396 e. The summed E-state index contributed by atoms with van der Waals surface area (Å²) in [7, 11) is 0. The van der Waals surface area contributed by atoms with Gasteiger partial charge in [0.25, 0.3) is 0 Å². The molecule has 3 nitrogen and oxygen atoms in total. The molecule has 0 aliphatic rings. The molecule has 0 aliphatic carbocycles. The summed E-state index contributed by atoms with van der Waals surface area (Å²) < 4.78 is 0. The Morgan fingerprint density at radius 3 is 2.72 bits per heavy atom. The number of aliphatic hydroxyl groups excluding tert-OH is 1. The van der Waals surface area contributed by atoms with Crippen molar-refractivity contribution >= 4 is 11.6 Å². The summed E-state index contributed by atoms with van der Waals surface area (Å²) in [5, 5.41) is 8.94. The molecular formula is C15H23NO2. The zero-order chi connectivity index (χ0) is 13.4. The van der Waals surface area contributed by atoms with Crippen molar-refractivity contribution in [3.05, 3.63) is 29.8 Å². The number of anilines is 1. The fraction of sp³-hybridized carbons (Fsp3) is 0.533. The highest BCUT2D eigenvalue weighted by Gasteiger charge is 2.14. The third kappa shape index (κ3) is 4.49. The Kier molecular flexibility index (Phi) is 6.44. The molecule has 1 aromatic rings. The minimum absolute atomic E-state index is 0.114. The van der Waals surface area contributed by atoms with E-state index in [0.717, 1.165) is 24.1 Å². The fourth-order valence-electron chi connectivity index (χ4n) is 1.89. The Morgan fingerprint density at radius 2 is 2.11 bits per heavy atom. The second kappa shape index (κ2) is 7.88. The van der Waals surface area contributed by atoms with Crippen LogP contribution in [-0.2, 0) is 4.79 Å². The van der Waals surface area contributed by atoms with Gasteiger partial charge >= 0.3 is 0 Å². The maximum atomic E-state index is 12.2. The molecule has 1 aromatic carbocycles. The fourth-order valence-corrected chi connectivity index (χ4v) is 1.89. The number of benzene rings is 1. The van der Waals surface area contributed by atoms with E-state index in [2.05, 4.69) is 6.92 Å². The number of hydrogen-bond acceptors (Lipinski definition) is 2. The highest BCUT2D eigenvalue weighted by Crippen LogP contribution is 2.18. The van der Waals surface area contributed by atoms with E-state index in [1.54, 1.807) is 4.90 Å². The predicted octanol–water partition coefficient (Wildman–Crippen LogP) is 2.90. The molecule has 0 aliphatic heterocycles. The highest BCUT2D eigenvalue weighted by atomic mass is 16.3. The van der Waals surface area contributed by atoms with Gasteiger partial charge in [-0.1, -0.05) is 25.5 Å². The standard InChI is InChI=1S/C15H23NO2/c1-3-4-9-15(18)16(10-6-11-17)14-8-5-7-13(2)12-14/h5,7-8,12,17H,3-4,6,9-11H2,1-2H3. The van der Waals surface area contributed by atoms with Gasteiger partial charge in [0.15, 0.2) is 0 Å². The number of aryl methyl sites for hydroxylation is 1. The third-order valence-electron chi connectivity index (χ3n) is 2.90. The second-order valence-electron chi connectivity index (χ2n) is 4.57. The molecule has 3 heteroatoms. The van der Waals surface area contributed by atoms with Crippen molar-refractivity contribution in [2.45, 2.75) is 39.5 Å². The second-order valence-corrected chi connectivity index (χ2v) is 4.57. The Balaban J connectivity index is 2.80. The van der Waals surface area contributed by atoms with E-state index in [0.29, 0.717) is 19.4 Å². The topological polar surface area (TPSA) is 40.5 Å². The van der Waals surface area contributed by atoms with E-state index in [1.165, 1.54) is 0 Å². The average Bonchev–Trinajstić information content (AvgIpc) is 2.37. The van der Waals surface area contributed by atoms with Crippen molar-refractivity contribution in [2.75, 3.05) is 18.1 Å². The first-order valence-corrected chi connectivity index (χ1v) is 6.67. The molecule has 100 valence electrons. The normalized spacial score (nSPS) is 10.4. The molecular weight excluding hydrogens is 226 g/mol. The lowest BCUT2D eigenvalue weighted by Gasteiger charge is -2.23. The number of carbonyl (C=O) groups excluding carboxylic acids is 1.